The first-order chi connectivity index (χ1) is 24.0. The number of fused-ring (bicyclic) bond motifs is 3. The standard InChI is InChI=1S/C37H50N4O10/c1-19(2)30(41-36(49)50-18-26-24-13-9-7-11-22(24)23-12-8-10-14-25(23)26)34(47)40-28(35(48)51-37(4,5)6)16-29(44)39-27-15-21(17-42)32(45)33(46)31(27)38-20(3)43/h7-14,19,21,26-28,30-33,42,45-46H,15-18H2,1-6H3,(H,38,43)(H,39,44)(H,40,47)(H,41,49)/t21?,27?,28-,30-,31?,32?,33?/m0/s1. The van der Waals surface area contributed by atoms with E-state index in [4.69, 9.17) is 9.47 Å². The van der Waals surface area contributed by atoms with Crippen LogP contribution in [0.15, 0.2) is 48.5 Å². The molecule has 0 saturated heterocycles. The average Bonchev–Trinajstić information content (AvgIpc) is 3.38. The molecule has 2 aliphatic carbocycles. The molecular weight excluding hydrogens is 660 g/mol. The lowest BCUT2D eigenvalue weighted by atomic mass is 9.78. The van der Waals surface area contributed by atoms with E-state index < -0.39 is 96.6 Å². The molecule has 0 aliphatic heterocycles. The van der Waals surface area contributed by atoms with Gasteiger partial charge in [-0.1, -0.05) is 62.4 Å². The third-order valence-corrected chi connectivity index (χ3v) is 9.11. The monoisotopic (exact) mass is 710 g/mol. The van der Waals surface area contributed by atoms with Crippen molar-refractivity contribution in [3.8, 4) is 11.1 Å². The van der Waals surface area contributed by atoms with Crippen molar-refractivity contribution in [2.24, 2.45) is 11.8 Å². The van der Waals surface area contributed by atoms with Gasteiger partial charge in [0, 0.05) is 25.4 Å². The van der Waals surface area contributed by atoms with Crippen molar-refractivity contribution in [2.75, 3.05) is 13.2 Å². The van der Waals surface area contributed by atoms with Crippen LogP contribution >= 0.6 is 0 Å². The number of benzene rings is 2. The lowest BCUT2D eigenvalue weighted by molar-refractivity contribution is -0.160. The number of nitrogens with one attached hydrogen (secondary N) is 4. The largest absolute Gasteiger partial charge is 0.458 e. The van der Waals surface area contributed by atoms with Gasteiger partial charge in [0.2, 0.25) is 17.7 Å². The van der Waals surface area contributed by atoms with Gasteiger partial charge in [-0.3, -0.25) is 14.4 Å². The van der Waals surface area contributed by atoms with E-state index in [1.165, 1.54) is 6.92 Å². The molecule has 0 heterocycles. The number of hydrogen-bond acceptors (Lipinski definition) is 10. The predicted molar refractivity (Wildman–Crippen MR) is 186 cm³/mol. The molecule has 4 rings (SSSR count). The SMILES string of the molecule is CC(=O)NC1C(NC(=O)C[C@H](NC(=O)[C@@H](NC(=O)OCC2c3ccccc3-c3ccccc32)C(C)C)C(=O)OC(C)(C)C)CC(CO)C(O)C1O. The molecule has 51 heavy (non-hydrogen) atoms. The molecule has 4 amide bonds. The Morgan fingerprint density at radius 1 is 0.882 bits per heavy atom. The van der Waals surface area contributed by atoms with Crippen LogP contribution < -0.4 is 21.3 Å². The number of aliphatic hydroxyl groups is 3. The predicted octanol–water partition coefficient (Wildman–Crippen LogP) is 1.49. The number of carbonyl (C=O) groups is 5. The van der Waals surface area contributed by atoms with Gasteiger partial charge in [0.05, 0.1) is 24.6 Å². The normalized spacial score (nSPS) is 22.5. The molecule has 2 aromatic carbocycles. The summed E-state index contributed by atoms with van der Waals surface area (Å²) in [6.45, 7) is 9.03. The Morgan fingerprint density at radius 2 is 1.47 bits per heavy atom. The molecule has 1 fully saturated rings. The van der Waals surface area contributed by atoms with E-state index in [0.29, 0.717) is 0 Å². The molecule has 278 valence electrons. The number of amides is 4. The van der Waals surface area contributed by atoms with E-state index in [1.807, 2.05) is 48.5 Å². The van der Waals surface area contributed by atoms with Gasteiger partial charge in [0.15, 0.2) is 0 Å². The quantitative estimate of drug-likeness (QED) is 0.158. The molecule has 0 radical (unpaired) electrons. The van der Waals surface area contributed by atoms with Gasteiger partial charge in [-0.05, 0) is 55.4 Å². The first-order valence-corrected chi connectivity index (χ1v) is 17.2. The minimum atomic E-state index is -1.50. The van der Waals surface area contributed by atoms with E-state index >= 15 is 0 Å². The van der Waals surface area contributed by atoms with E-state index in [1.54, 1.807) is 34.6 Å². The van der Waals surface area contributed by atoms with Crippen molar-refractivity contribution in [3.05, 3.63) is 59.7 Å². The highest BCUT2D eigenvalue weighted by molar-refractivity contribution is 5.92. The Hall–Kier alpha value is -4.53. The smallest absolute Gasteiger partial charge is 0.407 e. The van der Waals surface area contributed by atoms with Crippen LogP contribution in [0.4, 0.5) is 4.79 Å². The topological polar surface area (TPSA) is 213 Å². The van der Waals surface area contributed by atoms with Crippen molar-refractivity contribution >= 4 is 29.8 Å². The van der Waals surface area contributed by atoms with Crippen molar-refractivity contribution in [1.29, 1.82) is 0 Å². The zero-order valence-electron chi connectivity index (χ0n) is 29.8. The van der Waals surface area contributed by atoms with Crippen LogP contribution in [0.3, 0.4) is 0 Å². The van der Waals surface area contributed by atoms with Crippen molar-refractivity contribution < 1.29 is 48.8 Å². The van der Waals surface area contributed by atoms with Crippen molar-refractivity contribution in [3.63, 3.8) is 0 Å². The molecule has 7 N–H and O–H groups in total. The van der Waals surface area contributed by atoms with Crippen LogP contribution in [-0.2, 0) is 28.7 Å². The Labute approximate surface area is 297 Å². The molecule has 0 bridgehead atoms. The molecule has 2 aromatic rings. The fourth-order valence-corrected chi connectivity index (χ4v) is 6.67. The molecule has 0 aromatic heterocycles. The van der Waals surface area contributed by atoms with Gasteiger partial charge in [-0.15, -0.1) is 0 Å². The summed E-state index contributed by atoms with van der Waals surface area (Å²) < 4.78 is 11.1. The number of esters is 1. The summed E-state index contributed by atoms with van der Waals surface area (Å²) in [6.07, 6.45) is -4.28. The van der Waals surface area contributed by atoms with E-state index in [-0.39, 0.29) is 18.9 Å². The first kappa shape index (κ1) is 39.3. The maximum atomic E-state index is 13.6. The molecule has 14 nitrogen and oxygen atoms in total. The van der Waals surface area contributed by atoms with Gasteiger partial charge in [-0.25, -0.2) is 9.59 Å². The number of aliphatic hydroxyl groups excluding tert-OH is 3. The second-order valence-electron chi connectivity index (χ2n) is 14.6. The maximum Gasteiger partial charge on any atom is 0.407 e. The third-order valence-electron chi connectivity index (χ3n) is 9.11. The Balaban J connectivity index is 1.45. The Kier molecular flexibility index (Phi) is 12.8. The summed E-state index contributed by atoms with van der Waals surface area (Å²) in [5.74, 6) is -4.37. The zero-order chi connectivity index (χ0) is 37.6. The number of carbonyl (C=O) groups excluding carboxylic acids is 5. The fourth-order valence-electron chi connectivity index (χ4n) is 6.67. The second-order valence-corrected chi connectivity index (χ2v) is 14.6. The molecule has 2 aliphatic rings. The molecule has 14 heteroatoms. The van der Waals surface area contributed by atoms with Crippen LogP contribution in [-0.4, -0.2) is 100 Å². The Morgan fingerprint density at radius 3 is 2.00 bits per heavy atom. The van der Waals surface area contributed by atoms with E-state index in [2.05, 4.69) is 21.3 Å². The third kappa shape index (κ3) is 9.83. The zero-order valence-corrected chi connectivity index (χ0v) is 29.8. The Bertz CT molecular complexity index is 1550. The summed E-state index contributed by atoms with van der Waals surface area (Å²) in [6, 6.07) is 11.1. The van der Waals surface area contributed by atoms with Crippen molar-refractivity contribution in [2.45, 2.75) is 102 Å². The van der Waals surface area contributed by atoms with Gasteiger partial charge >= 0.3 is 12.1 Å². The molecule has 5 unspecified atom stereocenters. The number of hydrogen-bond donors (Lipinski definition) is 7. The molecular formula is C37H50N4O10. The average molecular weight is 711 g/mol. The highest BCUT2D eigenvalue weighted by Crippen LogP contribution is 2.44. The number of ether oxygens (including phenoxy) is 2. The summed E-state index contributed by atoms with van der Waals surface area (Å²) in [4.78, 5) is 65.3. The number of rotatable bonds is 12. The van der Waals surface area contributed by atoms with Crippen LogP contribution in [0, 0.1) is 11.8 Å². The first-order valence-electron chi connectivity index (χ1n) is 17.2. The molecule has 0 spiro atoms. The van der Waals surface area contributed by atoms with Gasteiger partial charge in [0.1, 0.15) is 30.4 Å². The van der Waals surface area contributed by atoms with Crippen LogP contribution in [0.25, 0.3) is 11.1 Å². The molecule has 1 saturated carbocycles. The minimum absolute atomic E-state index is 0.00829. The summed E-state index contributed by atoms with van der Waals surface area (Å²) in [5.41, 5.74) is 3.21. The summed E-state index contributed by atoms with van der Waals surface area (Å²) >= 11 is 0. The lowest BCUT2D eigenvalue weighted by Gasteiger charge is -2.42. The van der Waals surface area contributed by atoms with Crippen molar-refractivity contribution in [1.82, 2.24) is 21.3 Å². The highest BCUT2D eigenvalue weighted by Gasteiger charge is 2.44. The second kappa shape index (κ2) is 16.7. The summed E-state index contributed by atoms with van der Waals surface area (Å²) in [5, 5.41) is 41.1. The lowest BCUT2D eigenvalue weighted by Crippen LogP contribution is -2.65. The van der Waals surface area contributed by atoms with Crippen LogP contribution in [0.5, 0.6) is 0 Å². The van der Waals surface area contributed by atoms with E-state index in [9.17, 15) is 39.3 Å². The van der Waals surface area contributed by atoms with Gasteiger partial charge in [0.25, 0.3) is 0 Å². The highest BCUT2D eigenvalue weighted by atomic mass is 16.6. The van der Waals surface area contributed by atoms with Crippen LogP contribution in [0.2, 0.25) is 0 Å². The van der Waals surface area contributed by atoms with Crippen LogP contribution in [0.1, 0.15) is 71.4 Å². The minimum Gasteiger partial charge on any atom is -0.458 e. The number of alkyl carbamates (subject to hydrolysis) is 1. The van der Waals surface area contributed by atoms with E-state index in [0.717, 1.165) is 22.3 Å². The molecule has 7 atom stereocenters. The summed E-state index contributed by atoms with van der Waals surface area (Å²) in [7, 11) is 0. The fraction of sp³-hybridized carbons (Fsp3) is 0.541. The van der Waals surface area contributed by atoms with Gasteiger partial charge < -0.3 is 46.1 Å². The van der Waals surface area contributed by atoms with Gasteiger partial charge in [-0.2, -0.15) is 0 Å². The maximum absolute atomic E-state index is 13.6.